The Kier molecular flexibility index (Phi) is 7.55. The van der Waals surface area contributed by atoms with Crippen molar-refractivity contribution in [2.45, 2.75) is 40.7 Å². The first-order valence-corrected chi connectivity index (χ1v) is 7.79. The first-order chi connectivity index (χ1) is 9.65. The number of hydrogen-bond acceptors (Lipinski definition) is 4. The fourth-order valence-corrected chi connectivity index (χ4v) is 2.50. The molecule has 0 aliphatic carbocycles. The van der Waals surface area contributed by atoms with Gasteiger partial charge in [-0.05, 0) is 46.0 Å². The Morgan fingerprint density at radius 3 is 2.35 bits per heavy atom. The van der Waals surface area contributed by atoms with E-state index in [9.17, 15) is 0 Å². The van der Waals surface area contributed by atoms with E-state index in [0.717, 1.165) is 44.0 Å². The van der Waals surface area contributed by atoms with Crippen LogP contribution in [-0.2, 0) is 6.54 Å². The van der Waals surface area contributed by atoms with Gasteiger partial charge in [0.25, 0.3) is 0 Å². The molecule has 0 fully saturated rings. The molecule has 0 bridgehead atoms. The third-order valence-corrected chi connectivity index (χ3v) is 3.84. The molecule has 0 aliphatic heterocycles. The summed E-state index contributed by atoms with van der Waals surface area (Å²) in [5, 5.41) is 0. The standard InChI is InChI=1S/C16H30N4/c1-5-19(6-2)9-8-10-20(7-3)16-11-14(4)18-13-15(16)12-17/h11,13H,5-10,12,17H2,1-4H3. The molecule has 0 saturated carbocycles. The van der Waals surface area contributed by atoms with Crippen molar-refractivity contribution in [3.05, 3.63) is 23.5 Å². The van der Waals surface area contributed by atoms with Crippen LogP contribution in [0.5, 0.6) is 0 Å². The number of hydrogen-bond donors (Lipinski definition) is 1. The van der Waals surface area contributed by atoms with Crippen LogP contribution < -0.4 is 10.6 Å². The normalized spacial score (nSPS) is 11.1. The van der Waals surface area contributed by atoms with Crippen molar-refractivity contribution in [3.8, 4) is 0 Å². The summed E-state index contributed by atoms with van der Waals surface area (Å²) in [7, 11) is 0. The van der Waals surface area contributed by atoms with E-state index < -0.39 is 0 Å². The Morgan fingerprint density at radius 1 is 1.10 bits per heavy atom. The Hall–Kier alpha value is -1.13. The molecular formula is C16H30N4. The second kappa shape index (κ2) is 8.93. The van der Waals surface area contributed by atoms with Crippen LogP contribution in [0.1, 0.15) is 38.4 Å². The largest absolute Gasteiger partial charge is 0.371 e. The van der Waals surface area contributed by atoms with E-state index in [1.165, 1.54) is 12.1 Å². The van der Waals surface area contributed by atoms with Crippen molar-refractivity contribution < 1.29 is 0 Å². The van der Waals surface area contributed by atoms with Gasteiger partial charge in [0.05, 0.1) is 0 Å². The van der Waals surface area contributed by atoms with Crippen molar-refractivity contribution in [3.63, 3.8) is 0 Å². The molecule has 1 rings (SSSR count). The number of nitrogens with zero attached hydrogens (tertiary/aromatic N) is 3. The van der Waals surface area contributed by atoms with Crippen LogP contribution in [0.25, 0.3) is 0 Å². The molecule has 0 unspecified atom stereocenters. The summed E-state index contributed by atoms with van der Waals surface area (Å²) in [5.74, 6) is 0. The second-order valence-corrected chi connectivity index (χ2v) is 5.12. The second-order valence-electron chi connectivity index (χ2n) is 5.12. The summed E-state index contributed by atoms with van der Waals surface area (Å²) < 4.78 is 0. The van der Waals surface area contributed by atoms with Crippen LogP contribution in [0.15, 0.2) is 12.3 Å². The van der Waals surface area contributed by atoms with Gasteiger partial charge in [0.2, 0.25) is 0 Å². The average molecular weight is 278 g/mol. The quantitative estimate of drug-likeness (QED) is 0.753. The SMILES string of the molecule is CCN(CC)CCCN(CC)c1cc(C)ncc1CN. The molecule has 0 atom stereocenters. The molecule has 0 amide bonds. The summed E-state index contributed by atoms with van der Waals surface area (Å²) in [6.07, 6.45) is 3.10. The molecule has 0 aliphatic rings. The van der Waals surface area contributed by atoms with Crippen LogP contribution in [0.4, 0.5) is 5.69 Å². The van der Waals surface area contributed by atoms with Crippen LogP contribution in [-0.4, -0.2) is 42.6 Å². The maximum absolute atomic E-state index is 5.84. The molecular weight excluding hydrogens is 248 g/mol. The van der Waals surface area contributed by atoms with Gasteiger partial charge < -0.3 is 15.5 Å². The van der Waals surface area contributed by atoms with Gasteiger partial charge in [-0.1, -0.05) is 13.8 Å². The third-order valence-electron chi connectivity index (χ3n) is 3.84. The van der Waals surface area contributed by atoms with Gasteiger partial charge in [0.15, 0.2) is 0 Å². The summed E-state index contributed by atoms with van der Waals surface area (Å²) in [5.41, 5.74) is 9.28. The molecule has 4 nitrogen and oxygen atoms in total. The molecule has 1 aromatic heterocycles. The fraction of sp³-hybridized carbons (Fsp3) is 0.688. The maximum Gasteiger partial charge on any atom is 0.0445 e. The lowest BCUT2D eigenvalue weighted by atomic mass is 10.1. The first kappa shape index (κ1) is 16.9. The first-order valence-electron chi connectivity index (χ1n) is 7.79. The molecule has 20 heavy (non-hydrogen) atoms. The summed E-state index contributed by atoms with van der Waals surface area (Å²) in [6.45, 7) is 14.7. The van der Waals surface area contributed by atoms with E-state index >= 15 is 0 Å². The average Bonchev–Trinajstić information content (AvgIpc) is 2.47. The van der Waals surface area contributed by atoms with Gasteiger partial charge in [0, 0.05) is 42.8 Å². The molecule has 1 aromatic rings. The van der Waals surface area contributed by atoms with Gasteiger partial charge in [-0.15, -0.1) is 0 Å². The number of pyridine rings is 1. The number of rotatable bonds is 9. The summed E-state index contributed by atoms with van der Waals surface area (Å²) in [6, 6.07) is 2.16. The van der Waals surface area contributed by atoms with Crippen LogP contribution in [0, 0.1) is 6.92 Å². The van der Waals surface area contributed by atoms with Crippen LogP contribution >= 0.6 is 0 Å². The van der Waals surface area contributed by atoms with Gasteiger partial charge in [-0.3, -0.25) is 4.98 Å². The van der Waals surface area contributed by atoms with E-state index in [-0.39, 0.29) is 0 Å². The van der Waals surface area contributed by atoms with Gasteiger partial charge in [-0.25, -0.2) is 0 Å². The Bertz CT molecular complexity index is 388. The van der Waals surface area contributed by atoms with Crippen molar-refractivity contribution in [1.29, 1.82) is 0 Å². The molecule has 4 heteroatoms. The van der Waals surface area contributed by atoms with E-state index in [0.29, 0.717) is 6.54 Å². The molecule has 1 heterocycles. The lowest BCUT2D eigenvalue weighted by Crippen LogP contribution is -2.30. The minimum atomic E-state index is 0.551. The summed E-state index contributed by atoms with van der Waals surface area (Å²) in [4.78, 5) is 9.23. The van der Waals surface area contributed by atoms with Crippen molar-refractivity contribution in [2.24, 2.45) is 5.73 Å². The van der Waals surface area contributed by atoms with Crippen molar-refractivity contribution in [1.82, 2.24) is 9.88 Å². The molecule has 2 N–H and O–H groups in total. The maximum atomic E-state index is 5.84. The van der Waals surface area contributed by atoms with E-state index in [4.69, 9.17) is 5.73 Å². The number of anilines is 1. The third kappa shape index (κ3) is 4.76. The zero-order valence-electron chi connectivity index (χ0n) is 13.5. The van der Waals surface area contributed by atoms with E-state index in [2.05, 4.69) is 41.6 Å². The highest BCUT2D eigenvalue weighted by Gasteiger charge is 2.10. The fourth-order valence-electron chi connectivity index (χ4n) is 2.50. The topological polar surface area (TPSA) is 45.4 Å². The molecule has 0 aromatic carbocycles. The number of aromatic nitrogens is 1. The minimum absolute atomic E-state index is 0.551. The molecule has 0 radical (unpaired) electrons. The zero-order chi connectivity index (χ0) is 15.0. The highest BCUT2D eigenvalue weighted by atomic mass is 15.1. The van der Waals surface area contributed by atoms with Crippen LogP contribution in [0.3, 0.4) is 0 Å². The monoisotopic (exact) mass is 278 g/mol. The van der Waals surface area contributed by atoms with Gasteiger partial charge in [0.1, 0.15) is 0 Å². The lowest BCUT2D eigenvalue weighted by Gasteiger charge is -2.27. The smallest absolute Gasteiger partial charge is 0.0445 e. The predicted octanol–water partition coefficient (Wildman–Crippen LogP) is 2.41. The Labute approximate surface area is 124 Å². The number of nitrogens with two attached hydrogens (primary N) is 1. The molecule has 114 valence electrons. The highest BCUT2D eigenvalue weighted by molar-refractivity contribution is 5.53. The van der Waals surface area contributed by atoms with E-state index in [1.54, 1.807) is 0 Å². The summed E-state index contributed by atoms with van der Waals surface area (Å²) >= 11 is 0. The van der Waals surface area contributed by atoms with Crippen LogP contribution in [0.2, 0.25) is 0 Å². The minimum Gasteiger partial charge on any atom is -0.371 e. The number of aryl methyl sites for hydroxylation is 1. The predicted molar refractivity (Wildman–Crippen MR) is 87.2 cm³/mol. The van der Waals surface area contributed by atoms with Crippen molar-refractivity contribution in [2.75, 3.05) is 37.6 Å². The molecule has 0 saturated heterocycles. The highest BCUT2D eigenvalue weighted by Crippen LogP contribution is 2.20. The Balaban J connectivity index is 2.68. The van der Waals surface area contributed by atoms with Gasteiger partial charge >= 0.3 is 0 Å². The van der Waals surface area contributed by atoms with Gasteiger partial charge in [-0.2, -0.15) is 0 Å². The lowest BCUT2D eigenvalue weighted by molar-refractivity contribution is 0.300. The molecule has 0 spiro atoms. The zero-order valence-corrected chi connectivity index (χ0v) is 13.5. The van der Waals surface area contributed by atoms with Crippen molar-refractivity contribution >= 4 is 5.69 Å². The Morgan fingerprint density at radius 2 is 1.80 bits per heavy atom. The van der Waals surface area contributed by atoms with E-state index in [1.807, 2.05) is 13.1 Å².